The van der Waals surface area contributed by atoms with Gasteiger partial charge in [0.25, 0.3) is 0 Å². The highest BCUT2D eigenvalue weighted by Crippen LogP contribution is 1.98. The van der Waals surface area contributed by atoms with Crippen LogP contribution in [0.1, 0.15) is 46.0 Å². The number of hydrogen-bond acceptors (Lipinski definition) is 2. The molecular formula is C13H28N4. The molecule has 4 nitrogen and oxygen atoms in total. The predicted molar refractivity (Wildman–Crippen MR) is 76.1 cm³/mol. The summed E-state index contributed by atoms with van der Waals surface area (Å²) in [5.41, 5.74) is 12.5. The van der Waals surface area contributed by atoms with Gasteiger partial charge in [0.1, 0.15) is 0 Å². The molecule has 0 unspecified atom stereocenters. The van der Waals surface area contributed by atoms with Gasteiger partial charge in [-0.15, -0.1) is 0 Å². The molecule has 0 aromatic heterocycles. The summed E-state index contributed by atoms with van der Waals surface area (Å²) < 4.78 is 0. The third-order valence-corrected chi connectivity index (χ3v) is 2.40. The van der Waals surface area contributed by atoms with E-state index >= 15 is 0 Å². The predicted octanol–water partition coefficient (Wildman–Crippen LogP) is 1.77. The lowest BCUT2D eigenvalue weighted by molar-refractivity contribution is 0.652. The van der Waals surface area contributed by atoms with E-state index in [-0.39, 0.29) is 0 Å². The van der Waals surface area contributed by atoms with Crippen molar-refractivity contribution >= 4 is 5.96 Å². The number of nitrogens with zero attached hydrogens (tertiary/aromatic N) is 1. The van der Waals surface area contributed by atoms with Gasteiger partial charge < -0.3 is 16.8 Å². The number of hydrogen-bond donors (Lipinski definition) is 3. The molecule has 0 aromatic rings. The van der Waals surface area contributed by atoms with Crippen molar-refractivity contribution in [3.8, 4) is 0 Å². The summed E-state index contributed by atoms with van der Waals surface area (Å²) in [6.45, 7) is 6.65. The van der Waals surface area contributed by atoms with E-state index in [1.807, 2.05) is 0 Å². The number of nitrogens with one attached hydrogen (secondary N) is 1. The van der Waals surface area contributed by atoms with Gasteiger partial charge in [0.05, 0.1) is 0 Å². The molecule has 0 bridgehead atoms. The molecule has 0 aromatic carbocycles. The third-order valence-electron chi connectivity index (χ3n) is 2.40. The van der Waals surface area contributed by atoms with Crippen LogP contribution in [0.4, 0.5) is 0 Å². The van der Waals surface area contributed by atoms with Crippen LogP contribution < -0.4 is 16.8 Å². The van der Waals surface area contributed by atoms with E-state index in [1.165, 1.54) is 18.4 Å². The summed E-state index contributed by atoms with van der Waals surface area (Å²) in [5.74, 6) is 0.561. The van der Waals surface area contributed by atoms with E-state index < -0.39 is 0 Å². The minimum atomic E-state index is 0.561. The molecule has 17 heavy (non-hydrogen) atoms. The van der Waals surface area contributed by atoms with Crippen LogP contribution in [0.15, 0.2) is 16.6 Å². The molecule has 0 radical (unpaired) electrons. The van der Waals surface area contributed by atoms with Gasteiger partial charge in [-0.25, -0.2) is 0 Å². The molecule has 5 N–H and O–H groups in total. The molecular weight excluding hydrogens is 212 g/mol. The fourth-order valence-corrected chi connectivity index (χ4v) is 1.43. The minimum Gasteiger partial charge on any atom is -0.370 e. The Morgan fingerprint density at radius 1 is 1.18 bits per heavy atom. The summed E-state index contributed by atoms with van der Waals surface area (Å²) in [7, 11) is 0. The second-order valence-electron chi connectivity index (χ2n) is 4.47. The quantitative estimate of drug-likeness (QED) is 0.249. The number of aliphatic imine (C=N–C) groups is 1. The van der Waals surface area contributed by atoms with Crippen LogP contribution in [-0.2, 0) is 0 Å². The Morgan fingerprint density at radius 2 is 1.88 bits per heavy atom. The molecule has 0 spiro atoms. The van der Waals surface area contributed by atoms with E-state index in [2.05, 4.69) is 30.2 Å². The maximum atomic E-state index is 5.73. The lowest BCUT2D eigenvalue weighted by Gasteiger charge is -2.04. The van der Waals surface area contributed by atoms with Crippen molar-refractivity contribution in [2.24, 2.45) is 16.5 Å². The van der Waals surface area contributed by atoms with Crippen LogP contribution in [0.3, 0.4) is 0 Å². The van der Waals surface area contributed by atoms with Gasteiger partial charge in [-0.3, -0.25) is 4.99 Å². The molecule has 0 rings (SSSR count). The standard InChI is InChI=1S/C13H28N4/c1-12(2)8-7-11-17-13(15)16-10-6-4-3-5-9-14/h8H,3-7,9-11,14H2,1-2H3,(H3,15,16,17). The highest BCUT2D eigenvalue weighted by atomic mass is 15.1. The van der Waals surface area contributed by atoms with Crippen LogP contribution in [-0.4, -0.2) is 25.6 Å². The van der Waals surface area contributed by atoms with Crippen LogP contribution in [0.2, 0.25) is 0 Å². The van der Waals surface area contributed by atoms with Gasteiger partial charge in [-0.2, -0.15) is 0 Å². The smallest absolute Gasteiger partial charge is 0.188 e. The second-order valence-corrected chi connectivity index (χ2v) is 4.47. The zero-order valence-electron chi connectivity index (χ0n) is 11.3. The van der Waals surface area contributed by atoms with Gasteiger partial charge in [0.2, 0.25) is 0 Å². The highest BCUT2D eigenvalue weighted by Gasteiger charge is 1.91. The summed E-state index contributed by atoms with van der Waals surface area (Å²) in [6.07, 6.45) is 7.77. The number of unbranched alkanes of at least 4 members (excludes halogenated alkanes) is 3. The summed E-state index contributed by atoms with van der Waals surface area (Å²) >= 11 is 0. The molecule has 0 fully saturated rings. The van der Waals surface area contributed by atoms with Gasteiger partial charge in [-0.05, 0) is 39.7 Å². The van der Waals surface area contributed by atoms with Crippen molar-refractivity contribution < 1.29 is 0 Å². The Bertz CT molecular complexity index is 230. The SMILES string of the molecule is CC(C)=CCCNC(N)=NCCCCCCN. The van der Waals surface area contributed by atoms with Crippen molar-refractivity contribution in [1.29, 1.82) is 0 Å². The normalized spacial score (nSPS) is 11.4. The first kappa shape index (κ1) is 16.0. The summed E-state index contributed by atoms with van der Waals surface area (Å²) in [6, 6.07) is 0. The van der Waals surface area contributed by atoms with E-state index in [0.717, 1.165) is 38.9 Å². The zero-order chi connectivity index (χ0) is 12.9. The number of guanidine groups is 1. The van der Waals surface area contributed by atoms with Gasteiger partial charge in [0.15, 0.2) is 5.96 Å². The second kappa shape index (κ2) is 11.5. The molecule has 0 atom stereocenters. The van der Waals surface area contributed by atoms with Gasteiger partial charge in [-0.1, -0.05) is 24.5 Å². The van der Waals surface area contributed by atoms with E-state index in [4.69, 9.17) is 11.5 Å². The summed E-state index contributed by atoms with van der Waals surface area (Å²) in [5, 5.41) is 3.10. The van der Waals surface area contributed by atoms with Gasteiger partial charge >= 0.3 is 0 Å². The largest absolute Gasteiger partial charge is 0.370 e. The molecule has 4 heteroatoms. The molecule has 100 valence electrons. The number of nitrogens with two attached hydrogens (primary N) is 2. The molecule has 0 aliphatic rings. The number of rotatable bonds is 9. The van der Waals surface area contributed by atoms with E-state index in [1.54, 1.807) is 0 Å². The van der Waals surface area contributed by atoms with E-state index in [0.29, 0.717) is 5.96 Å². The Morgan fingerprint density at radius 3 is 2.53 bits per heavy atom. The fraction of sp³-hybridized carbons (Fsp3) is 0.769. The molecule has 0 saturated carbocycles. The van der Waals surface area contributed by atoms with Crippen molar-refractivity contribution in [2.75, 3.05) is 19.6 Å². The van der Waals surface area contributed by atoms with Gasteiger partial charge in [0, 0.05) is 13.1 Å². The average Bonchev–Trinajstić information content (AvgIpc) is 2.29. The average molecular weight is 240 g/mol. The zero-order valence-corrected chi connectivity index (χ0v) is 11.3. The minimum absolute atomic E-state index is 0.561. The van der Waals surface area contributed by atoms with Crippen LogP contribution in [0.25, 0.3) is 0 Å². The maximum Gasteiger partial charge on any atom is 0.188 e. The highest BCUT2D eigenvalue weighted by molar-refractivity contribution is 5.77. The monoisotopic (exact) mass is 240 g/mol. The van der Waals surface area contributed by atoms with E-state index in [9.17, 15) is 0 Å². The third kappa shape index (κ3) is 12.9. The number of allylic oxidation sites excluding steroid dienone is 1. The fourth-order valence-electron chi connectivity index (χ4n) is 1.43. The first-order valence-electron chi connectivity index (χ1n) is 6.54. The first-order valence-corrected chi connectivity index (χ1v) is 6.54. The van der Waals surface area contributed by atoms with Crippen LogP contribution in [0, 0.1) is 0 Å². The van der Waals surface area contributed by atoms with Crippen molar-refractivity contribution in [3.05, 3.63) is 11.6 Å². The van der Waals surface area contributed by atoms with Crippen LogP contribution >= 0.6 is 0 Å². The molecule has 0 saturated heterocycles. The maximum absolute atomic E-state index is 5.73. The molecule has 0 aliphatic carbocycles. The molecule has 0 aliphatic heterocycles. The molecule has 0 amide bonds. The van der Waals surface area contributed by atoms with Crippen molar-refractivity contribution in [2.45, 2.75) is 46.0 Å². The van der Waals surface area contributed by atoms with Crippen molar-refractivity contribution in [3.63, 3.8) is 0 Å². The Hall–Kier alpha value is -1.03. The lowest BCUT2D eigenvalue weighted by Crippen LogP contribution is -2.32. The molecule has 0 heterocycles. The Labute approximate surface area is 106 Å². The topological polar surface area (TPSA) is 76.4 Å². The van der Waals surface area contributed by atoms with Crippen molar-refractivity contribution in [1.82, 2.24) is 5.32 Å². The Kier molecular flexibility index (Phi) is 10.8. The first-order chi connectivity index (χ1) is 8.16. The summed E-state index contributed by atoms with van der Waals surface area (Å²) in [4.78, 5) is 4.27. The van der Waals surface area contributed by atoms with Crippen LogP contribution in [0.5, 0.6) is 0 Å². The Balaban J connectivity index is 3.42. The lowest BCUT2D eigenvalue weighted by atomic mass is 10.2.